The van der Waals surface area contributed by atoms with Crippen molar-refractivity contribution in [2.24, 2.45) is 7.05 Å². The Bertz CT molecular complexity index is 1720. The molecule has 0 fully saturated rings. The fraction of sp³-hybridized carbons (Fsp3) is 0.300. The van der Waals surface area contributed by atoms with Crippen LogP contribution < -0.4 is 15.2 Å². The molecule has 0 unspecified atom stereocenters. The van der Waals surface area contributed by atoms with Crippen molar-refractivity contribution in [3.05, 3.63) is 89.3 Å². The number of rotatable bonds is 9. The van der Waals surface area contributed by atoms with E-state index in [4.69, 9.17) is 5.10 Å². The minimum absolute atomic E-state index is 0.145. The Hall–Kier alpha value is -4.57. The first-order chi connectivity index (χ1) is 19.2. The van der Waals surface area contributed by atoms with Gasteiger partial charge in [-0.2, -0.15) is 9.50 Å². The molecular weight excluding hydrogens is 504 g/mol. The number of hydrogen-bond donors (Lipinski definition) is 2. The smallest absolute Gasteiger partial charge is 0.299 e. The molecule has 10 heteroatoms. The van der Waals surface area contributed by atoms with Crippen molar-refractivity contribution < 1.29 is 14.2 Å². The van der Waals surface area contributed by atoms with Crippen molar-refractivity contribution in [3.8, 4) is 0 Å². The number of carbonyl (C=O) groups is 2. The molecule has 10 nitrogen and oxygen atoms in total. The third kappa shape index (κ3) is 5.43. The highest BCUT2D eigenvalue weighted by molar-refractivity contribution is 6.08. The summed E-state index contributed by atoms with van der Waals surface area (Å²) >= 11 is 0. The fourth-order valence-electron chi connectivity index (χ4n) is 4.89. The Morgan fingerprint density at radius 3 is 2.62 bits per heavy atom. The summed E-state index contributed by atoms with van der Waals surface area (Å²) in [5, 5.41) is 11.8. The molecule has 206 valence electrons. The quantitative estimate of drug-likeness (QED) is 0.281. The maximum atomic E-state index is 13.6. The van der Waals surface area contributed by atoms with Crippen LogP contribution in [0.4, 0.5) is 5.69 Å². The Kier molecular flexibility index (Phi) is 7.61. The molecule has 0 saturated carbocycles. The first kappa shape index (κ1) is 27.0. The van der Waals surface area contributed by atoms with E-state index in [1.54, 1.807) is 28.9 Å². The minimum Gasteiger partial charge on any atom is -0.351 e. The maximum Gasteiger partial charge on any atom is 0.299 e. The van der Waals surface area contributed by atoms with Gasteiger partial charge in [-0.25, -0.2) is 4.57 Å². The molecule has 0 spiro atoms. The summed E-state index contributed by atoms with van der Waals surface area (Å²) in [6.45, 7) is 5.89. The Morgan fingerprint density at radius 2 is 1.88 bits per heavy atom. The van der Waals surface area contributed by atoms with Crippen LogP contribution in [-0.4, -0.2) is 63.1 Å². The summed E-state index contributed by atoms with van der Waals surface area (Å²) in [6, 6.07) is 15.3. The largest absolute Gasteiger partial charge is 0.351 e. The summed E-state index contributed by atoms with van der Waals surface area (Å²) in [6.07, 6.45) is 4.25. The van der Waals surface area contributed by atoms with Crippen molar-refractivity contribution in [2.75, 3.05) is 32.5 Å². The average molecular weight is 540 g/mol. The standard InChI is InChI=1S/C30H34N8O2/c1-6-23-28-24(11-8-12-25(28)38(34-23)18-22-10-7-9-20(2)32-22)33-30(40)26-19-36(5)27-17-21(13-15-37(26)27)29(39)31-14-16-35(3)4/h7-13,15,17,19H,6,14,16,18H2,1-5H3,(H-,31,33,34,39,40)/p+1. The van der Waals surface area contributed by atoms with Crippen molar-refractivity contribution in [3.63, 3.8) is 0 Å². The van der Waals surface area contributed by atoms with Gasteiger partial charge in [-0.05, 0) is 57.8 Å². The van der Waals surface area contributed by atoms with Gasteiger partial charge < -0.3 is 15.5 Å². The van der Waals surface area contributed by atoms with Crippen LogP contribution in [-0.2, 0) is 20.0 Å². The Balaban J connectivity index is 1.43. The molecule has 0 aliphatic rings. The molecule has 5 aromatic rings. The third-order valence-electron chi connectivity index (χ3n) is 6.90. The van der Waals surface area contributed by atoms with Crippen LogP contribution in [0, 0.1) is 6.92 Å². The van der Waals surface area contributed by atoms with Gasteiger partial charge in [0.15, 0.2) is 0 Å². The molecule has 0 radical (unpaired) electrons. The molecular formula is C30H35N8O2+. The third-order valence-corrected chi connectivity index (χ3v) is 6.90. The van der Waals surface area contributed by atoms with E-state index in [9.17, 15) is 9.59 Å². The van der Waals surface area contributed by atoms with Crippen LogP contribution in [0.15, 0.2) is 60.9 Å². The highest BCUT2D eigenvalue weighted by Crippen LogP contribution is 2.28. The topological polar surface area (TPSA) is 100 Å². The monoisotopic (exact) mass is 539 g/mol. The van der Waals surface area contributed by atoms with Crippen LogP contribution in [0.2, 0.25) is 0 Å². The second kappa shape index (κ2) is 11.3. The molecule has 2 N–H and O–H groups in total. The molecule has 0 bridgehead atoms. The molecule has 4 aromatic heterocycles. The number of hydrogen-bond acceptors (Lipinski definition) is 5. The lowest BCUT2D eigenvalue weighted by molar-refractivity contribution is -0.644. The van der Waals surface area contributed by atoms with E-state index in [0.29, 0.717) is 30.0 Å². The second-order valence-electron chi connectivity index (χ2n) is 10.2. The summed E-state index contributed by atoms with van der Waals surface area (Å²) in [5.41, 5.74) is 6.18. The zero-order valence-corrected chi connectivity index (χ0v) is 23.6. The first-order valence-corrected chi connectivity index (χ1v) is 13.4. The number of fused-ring (bicyclic) bond motifs is 2. The van der Waals surface area contributed by atoms with Crippen LogP contribution in [0.1, 0.15) is 44.9 Å². The van der Waals surface area contributed by atoms with Gasteiger partial charge >= 0.3 is 0 Å². The average Bonchev–Trinajstić information content (AvgIpc) is 3.46. The van der Waals surface area contributed by atoms with Gasteiger partial charge in [0.1, 0.15) is 6.20 Å². The number of nitrogens with one attached hydrogen (secondary N) is 2. The van der Waals surface area contributed by atoms with Gasteiger partial charge in [-0.15, -0.1) is 0 Å². The van der Waals surface area contributed by atoms with Crippen molar-refractivity contribution in [1.29, 1.82) is 0 Å². The predicted octanol–water partition coefficient (Wildman–Crippen LogP) is 2.97. The van der Waals surface area contributed by atoms with Gasteiger partial charge in [0.05, 0.1) is 47.9 Å². The van der Waals surface area contributed by atoms with E-state index < -0.39 is 0 Å². The lowest BCUT2D eigenvalue weighted by Crippen LogP contribution is -2.32. The number of likely N-dealkylation sites (N-methyl/N-ethyl adjacent to an activating group) is 1. The number of imidazole rings is 1. The lowest BCUT2D eigenvalue weighted by Gasteiger charge is -2.10. The predicted molar refractivity (Wildman–Crippen MR) is 155 cm³/mol. The van der Waals surface area contributed by atoms with Crippen molar-refractivity contribution in [2.45, 2.75) is 26.8 Å². The molecule has 2 amide bonds. The molecule has 0 atom stereocenters. The van der Waals surface area contributed by atoms with Crippen LogP contribution in [0.3, 0.4) is 0 Å². The number of amides is 2. The van der Waals surface area contributed by atoms with Crippen LogP contribution in [0.25, 0.3) is 16.6 Å². The number of benzene rings is 1. The van der Waals surface area contributed by atoms with Crippen LogP contribution >= 0.6 is 0 Å². The van der Waals surface area contributed by atoms with E-state index in [1.807, 2.05) is 78.6 Å². The molecule has 1 aromatic carbocycles. The molecule has 0 saturated heterocycles. The molecule has 0 aliphatic heterocycles. The van der Waals surface area contributed by atoms with E-state index in [2.05, 4.69) is 22.5 Å². The highest BCUT2D eigenvalue weighted by Gasteiger charge is 2.24. The number of carbonyl (C=O) groups excluding carboxylic acids is 2. The Labute approximate surface area is 233 Å². The molecule has 4 heterocycles. The number of nitrogens with zero attached hydrogens (tertiary/aromatic N) is 6. The number of aromatic nitrogens is 5. The number of anilines is 1. The summed E-state index contributed by atoms with van der Waals surface area (Å²) in [4.78, 5) is 32.9. The zero-order chi connectivity index (χ0) is 28.4. The summed E-state index contributed by atoms with van der Waals surface area (Å²) < 4.78 is 5.58. The van der Waals surface area contributed by atoms with Crippen LogP contribution in [0.5, 0.6) is 0 Å². The van der Waals surface area contributed by atoms with Gasteiger partial charge in [0.2, 0.25) is 5.69 Å². The molecule has 0 aliphatic carbocycles. The molecule has 40 heavy (non-hydrogen) atoms. The van der Waals surface area contributed by atoms with E-state index in [-0.39, 0.29) is 11.8 Å². The number of aryl methyl sites for hydroxylation is 3. The lowest BCUT2D eigenvalue weighted by atomic mass is 10.1. The van der Waals surface area contributed by atoms with E-state index in [1.165, 1.54) is 0 Å². The minimum atomic E-state index is -0.249. The van der Waals surface area contributed by atoms with Crippen molar-refractivity contribution >= 4 is 34.1 Å². The van der Waals surface area contributed by atoms with Crippen molar-refractivity contribution in [1.82, 2.24) is 29.4 Å². The number of pyridine rings is 2. The highest BCUT2D eigenvalue weighted by atomic mass is 16.2. The fourth-order valence-corrected chi connectivity index (χ4v) is 4.89. The summed E-state index contributed by atoms with van der Waals surface area (Å²) in [5.74, 6) is -0.394. The normalized spacial score (nSPS) is 11.4. The SMILES string of the molecule is CCc1nn(Cc2cccc(C)n2)c2cccc(NC(=O)c3c[n+](C)c4cc(C(=O)NCCN(C)C)ccn34)c12. The Morgan fingerprint density at radius 1 is 1.07 bits per heavy atom. The van der Waals surface area contributed by atoms with Gasteiger partial charge in [0.25, 0.3) is 17.5 Å². The summed E-state index contributed by atoms with van der Waals surface area (Å²) in [7, 11) is 5.78. The van der Waals surface area contributed by atoms with Gasteiger partial charge in [-0.3, -0.25) is 19.3 Å². The van der Waals surface area contributed by atoms with E-state index in [0.717, 1.165) is 46.6 Å². The first-order valence-electron chi connectivity index (χ1n) is 13.4. The van der Waals surface area contributed by atoms with Gasteiger partial charge in [0, 0.05) is 30.2 Å². The maximum absolute atomic E-state index is 13.6. The van der Waals surface area contributed by atoms with E-state index >= 15 is 0 Å². The van der Waals surface area contributed by atoms with Gasteiger partial charge in [-0.1, -0.05) is 19.1 Å². The molecule has 5 rings (SSSR count). The zero-order valence-electron chi connectivity index (χ0n) is 23.6. The second-order valence-corrected chi connectivity index (χ2v) is 10.2.